The van der Waals surface area contributed by atoms with Crippen LogP contribution in [0.3, 0.4) is 0 Å². The fourth-order valence-corrected chi connectivity index (χ4v) is 2.89. The van der Waals surface area contributed by atoms with Crippen LogP contribution >= 0.6 is 23.1 Å². The van der Waals surface area contributed by atoms with E-state index in [1.807, 2.05) is 17.1 Å². The summed E-state index contributed by atoms with van der Waals surface area (Å²) in [6.07, 6.45) is 1.95. The molecule has 0 fully saturated rings. The second-order valence-corrected chi connectivity index (χ2v) is 5.78. The molecule has 18 heavy (non-hydrogen) atoms. The molecule has 98 valence electrons. The van der Waals surface area contributed by atoms with Gasteiger partial charge in [-0.15, -0.1) is 11.3 Å². The zero-order valence-electron chi connectivity index (χ0n) is 10.3. The Bertz CT molecular complexity index is 483. The van der Waals surface area contributed by atoms with E-state index < -0.39 is 0 Å². The lowest BCUT2D eigenvalue weighted by Gasteiger charge is -1.91. The summed E-state index contributed by atoms with van der Waals surface area (Å²) in [7, 11) is 0. The highest BCUT2D eigenvalue weighted by atomic mass is 32.2. The summed E-state index contributed by atoms with van der Waals surface area (Å²) < 4.78 is 5.21. The molecule has 2 rings (SSSR count). The van der Waals surface area contributed by atoms with Gasteiger partial charge in [-0.1, -0.05) is 12.1 Å². The Hall–Kier alpha value is -0.920. The molecule has 0 unspecified atom stereocenters. The van der Waals surface area contributed by atoms with Crippen molar-refractivity contribution in [1.29, 1.82) is 0 Å². The molecule has 0 radical (unpaired) electrons. The normalized spacial score (nSPS) is 11.0. The van der Waals surface area contributed by atoms with Gasteiger partial charge in [-0.05, 0) is 18.7 Å². The number of thioether (sulfide) groups is 1. The third-order valence-corrected chi connectivity index (χ3v) is 4.24. The van der Waals surface area contributed by atoms with Crippen molar-refractivity contribution in [2.45, 2.75) is 25.5 Å². The molecule has 0 saturated heterocycles. The lowest BCUT2D eigenvalue weighted by molar-refractivity contribution is 0.424. The van der Waals surface area contributed by atoms with E-state index in [-0.39, 0.29) is 0 Å². The first-order valence-corrected chi connectivity index (χ1v) is 7.92. The standard InChI is InChI=1S/C11H16N4OS2/c1-2-5-17-7-9-14-11(16-15-9)8-6-18-10(13-8)3-4-12/h6H,2-5,7,12H2,1H3. The molecule has 2 aromatic rings. The molecule has 0 amide bonds. The summed E-state index contributed by atoms with van der Waals surface area (Å²) in [6.45, 7) is 2.76. The Labute approximate surface area is 114 Å². The van der Waals surface area contributed by atoms with E-state index in [1.165, 1.54) is 0 Å². The quantitative estimate of drug-likeness (QED) is 0.786. The summed E-state index contributed by atoms with van der Waals surface area (Å²) in [5.41, 5.74) is 6.25. The van der Waals surface area contributed by atoms with Crippen LogP contribution in [0.5, 0.6) is 0 Å². The van der Waals surface area contributed by atoms with Gasteiger partial charge in [0.25, 0.3) is 5.89 Å². The predicted octanol–water partition coefficient (Wildman–Crippen LogP) is 2.34. The molecule has 0 aliphatic heterocycles. The molecular weight excluding hydrogens is 268 g/mol. The molecule has 0 aromatic carbocycles. The van der Waals surface area contributed by atoms with Gasteiger partial charge in [-0.25, -0.2) is 4.98 Å². The Morgan fingerprint density at radius 1 is 1.44 bits per heavy atom. The van der Waals surface area contributed by atoms with E-state index in [0.717, 1.165) is 40.9 Å². The minimum absolute atomic E-state index is 0.501. The van der Waals surface area contributed by atoms with Gasteiger partial charge in [0, 0.05) is 11.8 Å². The van der Waals surface area contributed by atoms with Crippen molar-refractivity contribution < 1.29 is 4.52 Å². The largest absolute Gasteiger partial charge is 0.332 e. The molecule has 0 aliphatic carbocycles. The summed E-state index contributed by atoms with van der Waals surface area (Å²) in [6, 6.07) is 0. The summed E-state index contributed by atoms with van der Waals surface area (Å²) in [5, 5.41) is 6.89. The van der Waals surface area contributed by atoms with Crippen LogP contribution in [0.15, 0.2) is 9.90 Å². The van der Waals surface area contributed by atoms with Gasteiger partial charge in [-0.3, -0.25) is 0 Å². The first-order valence-electron chi connectivity index (χ1n) is 5.88. The van der Waals surface area contributed by atoms with Crippen LogP contribution < -0.4 is 5.73 Å². The van der Waals surface area contributed by atoms with Gasteiger partial charge in [0.2, 0.25) is 0 Å². The van der Waals surface area contributed by atoms with Crippen molar-refractivity contribution >= 4 is 23.1 Å². The number of nitrogens with two attached hydrogens (primary N) is 1. The number of hydrogen-bond acceptors (Lipinski definition) is 7. The maximum Gasteiger partial charge on any atom is 0.277 e. The Morgan fingerprint density at radius 3 is 3.11 bits per heavy atom. The van der Waals surface area contributed by atoms with Gasteiger partial charge < -0.3 is 10.3 Å². The van der Waals surface area contributed by atoms with Crippen LogP contribution in [0.4, 0.5) is 0 Å². The van der Waals surface area contributed by atoms with Crippen molar-refractivity contribution in [1.82, 2.24) is 15.1 Å². The monoisotopic (exact) mass is 284 g/mol. The smallest absolute Gasteiger partial charge is 0.277 e. The van der Waals surface area contributed by atoms with Gasteiger partial charge in [0.05, 0.1) is 10.8 Å². The maximum absolute atomic E-state index is 5.49. The van der Waals surface area contributed by atoms with Crippen LogP contribution in [0.1, 0.15) is 24.2 Å². The van der Waals surface area contributed by atoms with Gasteiger partial charge in [-0.2, -0.15) is 16.7 Å². The average molecular weight is 284 g/mol. The van der Waals surface area contributed by atoms with E-state index in [1.54, 1.807) is 11.3 Å². The first kappa shape index (κ1) is 13.5. The van der Waals surface area contributed by atoms with Crippen molar-refractivity contribution in [3.8, 4) is 11.6 Å². The Morgan fingerprint density at radius 2 is 2.33 bits per heavy atom. The zero-order chi connectivity index (χ0) is 12.8. The minimum Gasteiger partial charge on any atom is -0.332 e. The number of hydrogen-bond donors (Lipinski definition) is 1. The topological polar surface area (TPSA) is 77.8 Å². The molecule has 0 bridgehead atoms. The Balaban J connectivity index is 1.99. The van der Waals surface area contributed by atoms with Crippen LogP contribution in [0.25, 0.3) is 11.6 Å². The van der Waals surface area contributed by atoms with Gasteiger partial charge in [0.15, 0.2) is 5.82 Å². The molecule has 0 aliphatic rings. The lowest BCUT2D eigenvalue weighted by atomic mass is 10.4. The molecular formula is C11H16N4OS2. The average Bonchev–Trinajstić information content (AvgIpc) is 2.98. The molecule has 2 N–H and O–H groups in total. The molecule has 5 nitrogen and oxygen atoms in total. The van der Waals surface area contributed by atoms with Crippen LogP contribution in [0.2, 0.25) is 0 Å². The van der Waals surface area contributed by atoms with Crippen molar-refractivity contribution in [2.24, 2.45) is 5.73 Å². The maximum atomic E-state index is 5.49. The highest BCUT2D eigenvalue weighted by Crippen LogP contribution is 2.21. The first-order chi connectivity index (χ1) is 8.83. The minimum atomic E-state index is 0.501. The predicted molar refractivity (Wildman–Crippen MR) is 74.6 cm³/mol. The fourth-order valence-electron chi connectivity index (χ4n) is 1.37. The second kappa shape index (κ2) is 6.86. The van der Waals surface area contributed by atoms with Crippen LogP contribution in [-0.2, 0) is 12.2 Å². The zero-order valence-corrected chi connectivity index (χ0v) is 11.9. The van der Waals surface area contributed by atoms with Gasteiger partial charge >= 0.3 is 0 Å². The SMILES string of the molecule is CCCSCc1noc(-c2csc(CCN)n2)n1. The van der Waals surface area contributed by atoms with E-state index in [4.69, 9.17) is 10.3 Å². The number of thiazole rings is 1. The highest BCUT2D eigenvalue weighted by Gasteiger charge is 2.12. The summed E-state index contributed by atoms with van der Waals surface area (Å²) in [4.78, 5) is 8.76. The summed E-state index contributed by atoms with van der Waals surface area (Å²) >= 11 is 3.38. The molecule has 0 atom stereocenters. The number of nitrogens with zero attached hydrogens (tertiary/aromatic N) is 3. The molecule has 7 heteroatoms. The molecule has 2 heterocycles. The lowest BCUT2D eigenvalue weighted by Crippen LogP contribution is -2.01. The van der Waals surface area contributed by atoms with E-state index >= 15 is 0 Å². The van der Waals surface area contributed by atoms with E-state index in [2.05, 4.69) is 22.0 Å². The number of aromatic nitrogens is 3. The van der Waals surface area contributed by atoms with Crippen LogP contribution in [-0.4, -0.2) is 27.4 Å². The molecule has 0 saturated carbocycles. The van der Waals surface area contributed by atoms with Gasteiger partial charge in [0.1, 0.15) is 5.69 Å². The molecule has 2 aromatic heterocycles. The Kier molecular flexibility index (Phi) is 5.15. The number of rotatable bonds is 7. The third kappa shape index (κ3) is 3.54. The van der Waals surface area contributed by atoms with Crippen molar-refractivity contribution in [3.05, 3.63) is 16.2 Å². The van der Waals surface area contributed by atoms with Crippen LogP contribution in [0, 0.1) is 0 Å². The third-order valence-electron chi connectivity index (χ3n) is 2.18. The molecule has 0 spiro atoms. The van der Waals surface area contributed by atoms with E-state index in [9.17, 15) is 0 Å². The highest BCUT2D eigenvalue weighted by molar-refractivity contribution is 7.98. The van der Waals surface area contributed by atoms with Crippen molar-refractivity contribution in [3.63, 3.8) is 0 Å². The van der Waals surface area contributed by atoms with Crippen molar-refractivity contribution in [2.75, 3.05) is 12.3 Å². The van der Waals surface area contributed by atoms with E-state index in [0.29, 0.717) is 12.4 Å². The second-order valence-electron chi connectivity index (χ2n) is 3.73. The fraction of sp³-hybridized carbons (Fsp3) is 0.545. The summed E-state index contributed by atoms with van der Waals surface area (Å²) in [5.74, 6) is 3.14.